The van der Waals surface area contributed by atoms with E-state index in [1.165, 1.54) is 18.2 Å². The van der Waals surface area contributed by atoms with Crippen LogP contribution < -0.4 is 10.2 Å². The lowest BCUT2D eigenvalue weighted by Crippen LogP contribution is -2.49. The zero-order chi connectivity index (χ0) is 21.4. The molecule has 3 heterocycles. The first-order valence-electron chi connectivity index (χ1n) is 10.1. The van der Waals surface area contributed by atoms with Crippen molar-refractivity contribution in [2.45, 2.75) is 19.8 Å². The van der Waals surface area contributed by atoms with Gasteiger partial charge in [0.05, 0.1) is 11.5 Å². The van der Waals surface area contributed by atoms with Crippen molar-refractivity contribution in [3.63, 3.8) is 0 Å². The number of carbonyl (C=O) groups is 2. The maximum Gasteiger partial charge on any atom is 0.256 e. The Labute approximate surface area is 173 Å². The molecule has 158 valence electrons. The van der Waals surface area contributed by atoms with Gasteiger partial charge in [0.2, 0.25) is 5.91 Å². The van der Waals surface area contributed by atoms with Crippen molar-refractivity contribution in [2.24, 2.45) is 5.92 Å². The van der Waals surface area contributed by atoms with Gasteiger partial charge in [-0.15, -0.1) is 0 Å². The summed E-state index contributed by atoms with van der Waals surface area (Å²) in [6.07, 6.45) is 1.61. The molecule has 4 rings (SSSR count). The molecule has 1 aromatic heterocycles. The molecule has 2 saturated heterocycles. The van der Waals surface area contributed by atoms with Crippen molar-refractivity contribution >= 4 is 17.6 Å². The molecule has 8 heteroatoms. The van der Waals surface area contributed by atoms with E-state index in [-0.39, 0.29) is 29.0 Å². The molecule has 2 aliphatic rings. The fraction of sp³-hybridized carbons (Fsp3) is 0.409. The van der Waals surface area contributed by atoms with Crippen molar-refractivity contribution in [3.8, 4) is 0 Å². The maximum atomic E-state index is 14.7. The van der Waals surface area contributed by atoms with E-state index in [1.807, 2.05) is 6.92 Å². The van der Waals surface area contributed by atoms with Crippen LogP contribution >= 0.6 is 0 Å². The maximum absolute atomic E-state index is 14.7. The van der Waals surface area contributed by atoms with Gasteiger partial charge >= 0.3 is 0 Å². The molecule has 0 radical (unpaired) electrons. The largest absolute Gasteiger partial charge is 0.355 e. The Morgan fingerprint density at radius 3 is 2.47 bits per heavy atom. The summed E-state index contributed by atoms with van der Waals surface area (Å²) in [5, 5.41) is 2.78. The highest BCUT2D eigenvalue weighted by molar-refractivity contribution is 5.95. The summed E-state index contributed by atoms with van der Waals surface area (Å²) in [7, 11) is 0. The van der Waals surface area contributed by atoms with Crippen molar-refractivity contribution in [2.75, 3.05) is 37.6 Å². The first-order chi connectivity index (χ1) is 14.3. The van der Waals surface area contributed by atoms with Gasteiger partial charge in [-0.1, -0.05) is 13.0 Å². The van der Waals surface area contributed by atoms with Gasteiger partial charge in [-0.2, -0.15) is 0 Å². The number of amides is 2. The first-order valence-corrected chi connectivity index (χ1v) is 10.1. The second-order valence-electron chi connectivity index (χ2n) is 8.04. The van der Waals surface area contributed by atoms with Crippen molar-refractivity contribution in [1.82, 2.24) is 15.2 Å². The molecule has 0 bridgehead atoms. The molecule has 6 nitrogen and oxygen atoms in total. The lowest BCUT2D eigenvalue weighted by molar-refractivity contribution is -0.120. The number of anilines is 1. The summed E-state index contributed by atoms with van der Waals surface area (Å²) in [5.74, 6) is -1.59. The van der Waals surface area contributed by atoms with E-state index in [0.29, 0.717) is 38.3 Å². The summed E-state index contributed by atoms with van der Waals surface area (Å²) < 4.78 is 28.9. The minimum absolute atomic E-state index is 0.0158. The molecule has 1 N–H and O–H groups in total. The Morgan fingerprint density at radius 1 is 1.13 bits per heavy atom. The van der Waals surface area contributed by atoms with Gasteiger partial charge in [-0.3, -0.25) is 9.59 Å². The third-order valence-corrected chi connectivity index (χ3v) is 5.86. The number of rotatable bonds is 3. The monoisotopic (exact) mass is 414 g/mol. The Balaban J connectivity index is 1.45. The number of nitrogens with one attached hydrogen (secondary N) is 1. The average Bonchev–Trinajstić information content (AvgIpc) is 3.06. The topological polar surface area (TPSA) is 65.5 Å². The van der Waals surface area contributed by atoms with Gasteiger partial charge in [0.25, 0.3) is 5.91 Å². The minimum atomic E-state index is -0.627. The van der Waals surface area contributed by atoms with Crippen LogP contribution in [0.15, 0.2) is 30.5 Å². The SMILES string of the molecule is Cc1cnc(N2CCN(C(=O)c3ccc([C@@H]4C(=O)NCC4C)cc3F)CC2)c(F)c1. The van der Waals surface area contributed by atoms with Crippen LogP contribution in [0.3, 0.4) is 0 Å². The number of hydrogen-bond donors (Lipinski definition) is 1. The summed E-state index contributed by atoms with van der Waals surface area (Å²) in [5.41, 5.74) is 1.31. The van der Waals surface area contributed by atoms with Crippen LogP contribution in [0.5, 0.6) is 0 Å². The van der Waals surface area contributed by atoms with Crippen molar-refractivity contribution < 1.29 is 18.4 Å². The Hall–Kier alpha value is -3.03. The van der Waals surface area contributed by atoms with Crippen LogP contribution in [0.2, 0.25) is 0 Å². The molecule has 2 aliphatic heterocycles. The minimum Gasteiger partial charge on any atom is -0.355 e. The van der Waals surface area contributed by atoms with Crippen LogP contribution in [0.25, 0.3) is 0 Å². The van der Waals surface area contributed by atoms with Gasteiger partial charge in [-0.25, -0.2) is 13.8 Å². The highest BCUT2D eigenvalue weighted by atomic mass is 19.1. The highest BCUT2D eigenvalue weighted by Gasteiger charge is 2.34. The number of aryl methyl sites for hydroxylation is 1. The van der Waals surface area contributed by atoms with Crippen LogP contribution in [-0.4, -0.2) is 54.4 Å². The number of carbonyl (C=O) groups excluding carboxylic acids is 2. The van der Waals surface area contributed by atoms with E-state index in [2.05, 4.69) is 10.3 Å². The molecular formula is C22H24F2N4O2. The van der Waals surface area contributed by atoms with Gasteiger partial charge < -0.3 is 15.1 Å². The van der Waals surface area contributed by atoms with Crippen LogP contribution in [-0.2, 0) is 4.79 Å². The number of nitrogens with zero attached hydrogens (tertiary/aromatic N) is 3. The molecule has 0 spiro atoms. The van der Waals surface area contributed by atoms with Gasteiger partial charge in [0.15, 0.2) is 11.6 Å². The molecule has 2 atom stereocenters. The Kier molecular flexibility index (Phi) is 5.40. The molecule has 30 heavy (non-hydrogen) atoms. The molecule has 0 aliphatic carbocycles. The standard InChI is InChI=1S/C22H24F2N4O2/c1-13-9-18(24)20(25-11-13)27-5-7-28(8-6-27)22(30)16-4-3-15(10-17(16)23)19-14(2)12-26-21(19)29/h3-4,9-11,14,19H,5-8,12H2,1-2H3,(H,26,29)/t14?,19-/m1/s1. The molecule has 0 saturated carbocycles. The number of halogens is 2. The third-order valence-electron chi connectivity index (χ3n) is 5.86. The lowest BCUT2D eigenvalue weighted by atomic mass is 9.89. The third kappa shape index (κ3) is 3.74. The van der Waals surface area contributed by atoms with Crippen LogP contribution in [0.1, 0.15) is 34.3 Å². The number of piperazine rings is 1. The molecule has 2 amide bonds. The van der Waals surface area contributed by atoms with Crippen LogP contribution in [0, 0.1) is 24.5 Å². The summed E-state index contributed by atoms with van der Waals surface area (Å²) in [4.78, 5) is 32.4. The van der Waals surface area contributed by atoms with E-state index < -0.39 is 17.6 Å². The number of aromatic nitrogens is 1. The lowest BCUT2D eigenvalue weighted by Gasteiger charge is -2.35. The summed E-state index contributed by atoms with van der Waals surface area (Å²) in [6.45, 7) is 5.79. The number of pyridine rings is 1. The predicted octanol–water partition coefficient (Wildman–Crippen LogP) is 2.48. The summed E-state index contributed by atoms with van der Waals surface area (Å²) in [6, 6.07) is 5.84. The second-order valence-corrected chi connectivity index (χ2v) is 8.04. The first kappa shape index (κ1) is 20.3. The molecule has 1 aromatic carbocycles. The number of hydrogen-bond acceptors (Lipinski definition) is 4. The zero-order valence-electron chi connectivity index (χ0n) is 17.0. The van der Waals surface area contributed by atoms with Gasteiger partial charge in [0.1, 0.15) is 5.82 Å². The molecule has 1 unspecified atom stereocenters. The van der Waals surface area contributed by atoms with Gasteiger partial charge in [-0.05, 0) is 42.2 Å². The quantitative estimate of drug-likeness (QED) is 0.838. The second kappa shape index (κ2) is 8.01. The molecular weight excluding hydrogens is 390 g/mol. The smallest absolute Gasteiger partial charge is 0.256 e. The fourth-order valence-electron chi connectivity index (χ4n) is 4.18. The molecule has 2 fully saturated rings. The normalized spacial score (nSPS) is 21.7. The molecule has 2 aromatic rings. The van der Waals surface area contributed by atoms with Gasteiger partial charge in [0, 0.05) is 38.9 Å². The summed E-state index contributed by atoms with van der Waals surface area (Å²) >= 11 is 0. The number of benzene rings is 1. The Bertz CT molecular complexity index is 989. The van der Waals surface area contributed by atoms with Crippen LogP contribution in [0.4, 0.5) is 14.6 Å². The van der Waals surface area contributed by atoms with E-state index in [9.17, 15) is 18.4 Å². The average molecular weight is 414 g/mol. The zero-order valence-corrected chi connectivity index (χ0v) is 17.0. The van der Waals surface area contributed by atoms with Crippen molar-refractivity contribution in [3.05, 3.63) is 58.8 Å². The van der Waals surface area contributed by atoms with E-state index in [1.54, 1.807) is 29.0 Å². The highest BCUT2D eigenvalue weighted by Crippen LogP contribution is 2.30. The van der Waals surface area contributed by atoms with E-state index in [0.717, 1.165) is 5.56 Å². The fourth-order valence-corrected chi connectivity index (χ4v) is 4.18. The predicted molar refractivity (Wildman–Crippen MR) is 108 cm³/mol. The van der Waals surface area contributed by atoms with E-state index >= 15 is 0 Å². The van der Waals surface area contributed by atoms with E-state index in [4.69, 9.17) is 0 Å². The van der Waals surface area contributed by atoms with Crippen molar-refractivity contribution in [1.29, 1.82) is 0 Å². The Morgan fingerprint density at radius 2 is 1.87 bits per heavy atom.